The average Bonchev–Trinajstić information content (AvgIpc) is 2.37. The van der Waals surface area contributed by atoms with Crippen molar-refractivity contribution in [2.24, 2.45) is 0 Å². The van der Waals surface area contributed by atoms with Gasteiger partial charge in [-0.25, -0.2) is 8.78 Å². The van der Waals surface area contributed by atoms with Crippen molar-refractivity contribution in [3.05, 3.63) is 64.7 Å². The number of hydrogen-bond donors (Lipinski definition) is 1. The molecule has 0 bridgehead atoms. The van der Waals surface area contributed by atoms with Gasteiger partial charge in [0, 0.05) is 11.1 Å². The van der Waals surface area contributed by atoms with Crippen LogP contribution in [0.3, 0.4) is 0 Å². The van der Waals surface area contributed by atoms with Gasteiger partial charge in [0.05, 0.1) is 5.69 Å². The molecule has 0 atom stereocenters. The van der Waals surface area contributed by atoms with Crippen LogP contribution in [0, 0.1) is 11.6 Å². The fourth-order valence-corrected chi connectivity index (χ4v) is 2.78. The number of anilines is 1. The highest BCUT2D eigenvalue weighted by Gasteiger charge is 2.32. The number of nitrogens with one attached hydrogen (secondary N) is 1. The molecular formula is C16H14ClF2N. The Morgan fingerprint density at radius 1 is 1.00 bits per heavy atom. The van der Waals surface area contributed by atoms with Gasteiger partial charge < -0.3 is 5.32 Å². The van der Waals surface area contributed by atoms with E-state index in [-0.39, 0.29) is 23.6 Å². The quantitative estimate of drug-likeness (QED) is 0.842. The molecule has 104 valence electrons. The standard InChI is InChI=1S/C16H14ClF2N/c17-11-5-6-16(15(19)9-11)20-12-7-10(8-12)13-3-1-2-4-14(13)18/h1-6,9-10,12,20H,7-8H2. The summed E-state index contributed by atoms with van der Waals surface area (Å²) in [6.07, 6.45) is 1.62. The first-order valence-corrected chi connectivity index (χ1v) is 6.97. The van der Waals surface area contributed by atoms with E-state index in [0.717, 1.165) is 18.4 Å². The maximum Gasteiger partial charge on any atom is 0.147 e. The summed E-state index contributed by atoms with van der Waals surface area (Å²) in [5, 5.41) is 3.52. The van der Waals surface area contributed by atoms with Crippen LogP contribution in [0.25, 0.3) is 0 Å². The van der Waals surface area contributed by atoms with Crippen LogP contribution in [0.2, 0.25) is 5.02 Å². The Bertz CT molecular complexity index is 624. The van der Waals surface area contributed by atoms with E-state index in [4.69, 9.17) is 11.6 Å². The Hall–Kier alpha value is -1.61. The lowest BCUT2D eigenvalue weighted by atomic mass is 9.75. The summed E-state index contributed by atoms with van der Waals surface area (Å²) in [6, 6.07) is 11.6. The van der Waals surface area contributed by atoms with Crippen molar-refractivity contribution in [1.29, 1.82) is 0 Å². The zero-order valence-electron chi connectivity index (χ0n) is 10.7. The molecule has 0 amide bonds. The van der Waals surface area contributed by atoms with Crippen LogP contribution >= 0.6 is 11.6 Å². The molecule has 0 unspecified atom stereocenters. The molecule has 1 aliphatic carbocycles. The highest BCUT2D eigenvalue weighted by molar-refractivity contribution is 6.30. The molecular weight excluding hydrogens is 280 g/mol. The van der Waals surface area contributed by atoms with Crippen LogP contribution in [0.4, 0.5) is 14.5 Å². The van der Waals surface area contributed by atoms with Gasteiger partial charge in [-0.15, -0.1) is 0 Å². The molecule has 0 spiro atoms. The summed E-state index contributed by atoms with van der Waals surface area (Å²) < 4.78 is 27.3. The molecule has 1 saturated carbocycles. The van der Waals surface area contributed by atoms with Gasteiger partial charge in [-0.05, 0) is 48.6 Å². The molecule has 0 aromatic heterocycles. The first-order chi connectivity index (χ1) is 9.63. The van der Waals surface area contributed by atoms with Crippen molar-refractivity contribution in [2.75, 3.05) is 5.32 Å². The Morgan fingerprint density at radius 3 is 2.45 bits per heavy atom. The van der Waals surface area contributed by atoms with Crippen LogP contribution < -0.4 is 5.32 Å². The number of hydrogen-bond acceptors (Lipinski definition) is 1. The van der Waals surface area contributed by atoms with Crippen molar-refractivity contribution < 1.29 is 8.78 Å². The van der Waals surface area contributed by atoms with E-state index in [9.17, 15) is 8.78 Å². The van der Waals surface area contributed by atoms with Crippen LogP contribution in [-0.4, -0.2) is 6.04 Å². The van der Waals surface area contributed by atoms with E-state index in [0.29, 0.717) is 10.7 Å². The lowest BCUT2D eigenvalue weighted by Crippen LogP contribution is -2.34. The zero-order valence-corrected chi connectivity index (χ0v) is 11.5. The minimum absolute atomic E-state index is 0.159. The molecule has 0 heterocycles. The molecule has 2 aromatic rings. The van der Waals surface area contributed by atoms with Crippen LogP contribution in [-0.2, 0) is 0 Å². The van der Waals surface area contributed by atoms with Crippen molar-refractivity contribution in [1.82, 2.24) is 0 Å². The van der Waals surface area contributed by atoms with Crippen LogP contribution in [0.1, 0.15) is 24.3 Å². The Labute approximate surface area is 121 Å². The lowest BCUT2D eigenvalue weighted by molar-refractivity contribution is 0.362. The third-order valence-corrected chi connectivity index (χ3v) is 4.01. The smallest absolute Gasteiger partial charge is 0.147 e. The summed E-state index contributed by atoms with van der Waals surface area (Å²) in [4.78, 5) is 0. The lowest BCUT2D eigenvalue weighted by Gasteiger charge is -2.37. The predicted octanol–water partition coefficient (Wildman–Crippen LogP) is 4.98. The summed E-state index contributed by atoms with van der Waals surface area (Å²) in [6.45, 7) is 0. The minimum atomic E-state index is -0.355. The van der Waals surface area contributed by atoms with Gasteiger partial charge in [0.1, 0.15) is 11.6 Å². The second-order valence-electron chi connectivity index (χ2n) is 5.16. The Morgan fingerprint density at radius 2 is 1.75 bits per heavy atom. The van der Waals surface area contributed by atoms with E-state index >= 15 is 0 Å². The molecule has 2 aromatic carbocycles. The molecule has 0 saturated heterocycles. The van der Waals surface area contributed by atoms with Gasteiger partial charge in [-0.1, -0.05) is 29.8 Å². The number of rotatable bonds is 3. The maximum atomic E-state index is 13.6. The molecule has 1 N–H and O–H groups in total. The van der Waals surface area contributed by atoms with Gasteiger partial charge in [0.25, 0.3) is 0 Å². The van der Waals surface area contributed by atoms with Gasteiger partial charge in [0.2, 0.25) is 0 Å². The monoisotopic (exact) mass is 293 g/mol. The topological polar surface area (TPSA) is 12.0 Å². The first-order valence-electron chi connectivity index (χ1n) is 6.59. The van der Waals surface area contributed by atoms with Crippen molar-refractivity contribution >= 4 is 17.3 Å². The molecule has 1 fully saturated rings. The second-order valence-corrected chi connectivity index (χ2v) is 5.59. The minimum Gasteiger partial charge on any atom is -0.380 e. The van der Waals surface area contributed by atoms with E-state index in [1.165, 1.54) is 12.1 Å². The third-order valence-electron chi connectivity index (χ3n) is 3.77. The molecule has 1 nitrogen and oxygen atoms in total. The van der Waals surface area contributed by atoms with Gasteiger partial charge >= 0.3 is 0 Å². The molecule has 0 aliphatic heterocycles. The molecule has 3 rings (SSSR count). The van der Waals surface area contributed by atoms with Gasteiger partial charge in [-0.3, -0.25) is 0 Å². The summed E-state index contributed by atoms with van der Waals surface area (Å²) in [5.41, 5.74) is 1.20. The van der Waals surface area contributed by atoms with Crippen molar-refractivity contribution in [3.8, 4) is 0 Å². The normalized spacial score (nSPS) is 21.4. The molecule has 0 radical (unpaired) electrons. The summed E-state index contributed by atoms with van der Waals surface area (Å²) >= 11 is 5.71. The first kappa shape index (κ1) is 13.4. The highest BCUT2D eigenvalue weighted by Crippen LogP contribution is 2.39. The van der Waals surface area contributed by atoms with Crippen LogP contribution in [0.5, 0.6) is 0 Å². The maximum absolute atomic E-state index is 13.6. The van der Waals surface area contributed by atoms with Crippen LogP contribution in [0.15, 0.2) is 42.5 Å². The van der Waals surface area contributed by atoms with E-state index in [1.807, 2.05) is 12.1 Å². The number of benzene rings is 2. The molecule has 1 aliphatic rings. The molecule has 4 heteroatoms. The van der Waals surface area contributed by atoms with Gasteiger partial charge in [-0.2, -0.15) is 0 Å². The van der Waals surface area contributed by atoms with Crippen molar-refractivity contribution in [2.45, 2.75) is 24.8 Å². The van der Waals surface area contributed by atoms with E-state index in [2.05, 4.69) is 5.32 Å². The summed E-state index contributed by atoms with van der Waals surface area (Å²) in [7, 11) is 0. The SMILES string of the molecule is Fc1cc(Cl)ccc1NC1CC(c2ccccc2F)C1. The van der Waals surface area contributed by atoms with Gasteiger partial charge in [0.15, 0.2) is 0 Å². The van der Waals surface area contributed by atoms with Crippen molar-refractivity contribution in [3.63, 3.8) is 0 Å². The Kier molecular flexibility index (Phi) is 3.62. The average molecular weight is 294 g/mol. The number of halogens is 3. The largest absolute Gasteiger partial charge is 0.380 e. The van der Waals surface area contributed by atoms with E-state index < -0.39 is 0 Å². The third kappa shape index (κ3) is 2.63. The highest BCUT2D eigenvalue weighted by atomic mass is 35.5. The fraction of sp³-hybridized carbons (Fsp3) is 0.250. The predicted molar refractivity (Wildman–Crippen MR) is 77.2 cm³/mol. The second kappa shape index (κ2) is 5.41. The Balaban J connectivity index is 1.62. The molecule has 20 heavy (non-hydrogen) atoms. The fourth-order valence-electron chi connectivity index (χ4n) is 2.62. The summed E-state index contributed by atoms with van der Waals surface area (Å²) in [5.74, 6) is -0.301. The zero-order chi connectivity index (χ0) is 14.1. The van der Waals surface area contributed by atoms with E-state index in [1.54, 1.807) is 18.2 Å².